The quantitative estimate of drug-likeness (QED) is 0.822. The third kappa shape index (κ3) is 3.03. The van der Waals surface area contributed by atoms with Gasteiger partial charge in [-0.3, -0.25) is 13.9 Å². The molecule has 0 amide bonds. The van der Waals surface area contributed by atoms with Crippen molar-refractivity contribution in [2.45, 2.75) is 57.0 Å². The average Bonchev–Trinajstić information content (AvgIpc) is 2.64. The Kier molecular flexibility index (Phi) is 4.67. The first-order valence-electron chi connectivity index (χ1n) is 9.07. The maximum atomic E-state index is 13.8. The maximum Gasteiger partial charge on any atom is 0.333 e. The highest BCUT2D eigenvalue weighted by Gasteiger charge is 2.26. The van der Waals surface area contributed by atoms with Crippen LogP contribution in [0.5, 0.6) is 0 Å². The summed E-state index contributed by atoms with van der Waals surface area (Å²) in [6.45, 7) is 0. The molecule has 2 fully saturated rings. The molecule has 1 aliphatic heterocycles. The van der Waals surface area contributed by atoms with Crippen molar-refractivity contribution < 1.29 is 4.39 Å². The number of fused-ring (bicyclic) bond motifs is 1. The minimum Gasteiger partial charge on any atom is -0.274 e. The van der Waals surface area contributed by atoms with E-state index in [2.05, 4.69) is 4.98 Å². The van der Waals surface area contributed by atoms with Crippen LogP contribution < -0.4 is 11.2 Å². The monoisotopic (exact) mass is 363 g/mol. The van der Waals surface area contributed by atoms with Crippen molar-refractivity contribution in [1.29, 1.82) is 0 Å². The SMILES string of the molecule is O=c1c2cc(F)cnc2n(C2CCSCC2)c(=O)n1C1CCCCC1. The Hall–Kier alpha value is -1.63. The van der Waals surface area contributed by atoms with Crippen molar-refractivity contribution in [2.24, 2.45) is 0 Å². The lowest BCUT2D eigenvalue weighted by atomic mass is 9.95. The number of aromatic nitrogens is 3. The number of pyridine rings is 1. The first-order valence-corrected chi connectivity index (χ1v) is 10.2. The van der Waals surface area contributed by atoms with Gasteiger partial charge in [0.05, 0.1) is 11.6 Å². The number of thioether (sulfide) groups is 1. The minimum absolute atomic E-state index is 0.0321. The van der Waals surface area contributed by atoms with Gasteiger partial charge in [0.2, 0.25) is 0 Å². The lowest BCUT2D eigenvalue weighted by molar-refractivity contribution is 0.323. The van der Waals surface area contributed by atoms with Crippen LogP contribution in [0, 0.1) is 5.82 Å². The van der Waals surface area contributed by atoms with Crippen molar-refractivity contribution in [2.75, 3.05) is 11.5 Å². The van der Waals surface area contributed by atoms with E-state index in [1.54, 1.807) is 4.57 Å². The van der Waals surface area contributed by atoms with Gasteiger partial charge in [0.1, 0.15) is 11.5 Å². The van der Waals surface area contributed by atoms with Crippen LogP contribution in [0.3, 0.4) is 0 Å². The molecule has 2 aromatic rings. The van der Waals surface area contributed by atoms with Crippen LogP contribution in [-0.2, 0) is 0 Å². The molecule has 1 aliphatic carbocycles. The minimum atomic E-state index is -0.538. The third-order valence-corrected chi connectivity index (χ3v) is 6.47. The standard InChI is InChI=1S/C18H22FN3O2S/c19-12-10-15-16(20-11-12)21(14-6-8-25-9-7-14)18(24)22(17(15)23)13-4-2-1-3-5-13/h10-11,13-14H,1-9H2. The Bertz CT molecular complexity index is 896. The molecule has 0 spiro atoms. The van der Waals surface area contributed by atoms with Crippen molar-refractivity contribution in [3.63, 3.8) is 0 Å². The molecule has 25 heavy (non-hydrogen) atoms. The smallest absolute Gasteiger partial charge is 0.274 e. The number of halogens is 1. The summed E-state index contributed by atoms with van der Waals surface area (Å²) in [5.74, 6) is 1.44. The summed E-state index contributed by atoms with van der Waals surface area (Å²) >= 11 is 1.88. The molecule has 0 aromatic carbocycles. The predicted octanol–water partition coefficient (Wildman–Crippen LogP) is 3.27. The van der Waals surface area contributed by atoms with E-state index in [1.165, 1.54) is 10.6 Å². The van der Waals surface area contributed by atoms with E-state index in [-0.39, 0.29) is 28.7 Å². The molecule has 2 aromatic heterocycles. The number of nitrogens with zero attached hydrogens (tertiary/aromatic N) is 3. The van der Waals surface area contributed by atoms with Crippen LogP contribution >= 0.6 is 11.8 Å². The zero-order valence-corrected chi connectivity index (χ0v) is 14.9. The normalized spacial score (nSPS) is 20.2. The van der Waals surface area contributed by atoms with Gasteiger partial charge in [-0.1, -0.05) is 19.3 Å². The highest BCUT2D eigenvalue weighted by Crippen LogP contribution is 2.29. The zero-order valence-electron chi connectivity index (χ0n) is 14.1. The van der Waals surface area contributed by atoms with Gasteiger partial charge in [0.25, 0.3) is 5.56 Å². The summed E-state index contributed by atoms with van der Waals surface area (Å²) in [5, 5.41) is 0.225. The van der Waals surface area contributed by atoms with E-state index in [1.807, 2.05) is 11.8 Å². The van der Waals surface area contributed by atoms with Gasteiger partial charge >= 0.3 is 5.69 Å². The maximum absolute atomic E-state index is 13.8. The molecule has 7 heteroatoms. The topological polar surface area (TPSA) is 56.9 Å². The fourth-order valence-electron chi connectivity index (χ4n) is 4.14. The van der Waals surface area contributed by atoms with Crippen LogP contribution in [0.1, 0.15) is 57.0 Å². The van der Waals surface area contributed by atoms with Gasteiger partial charge in [-0.15, -0.1) is 0 Å². The Morgan fingerprint density at radius 3 is 2.40 bits per heavy atom. The van der Waals surface area contributed by atoms with Crippen LogP contribution in [0.25, 0.3) is 11.0 Å². The second-order valence-electron chi connectivity index (χ2n) is 6.99. The van der Waals surface area contributed by atoms with Crippen molar-refractivity contribution >= 4 is 22.8 Å². The summed E-state index contributed by atoms with van der Waals surface area (Å²) in [6.07, 6.45) is 7.71. The second kappa shape index (κ2) is 6.94. The molecule has 5 nitrogen and oxygen atoms in total. The molecular weight excluding hydrogens is 341 g/mol. The van der Waals surface area contributed by atoms with Crippen molar-refractivity contribution in [3.8, 4) is 0 Å². The molecule has 1 saturated heterocycles. The molecular formula is C18H22FN3O2S. The highest BCUT2D eigenvalue weighted by molar-refractivity contribution is 7.99. The third-order valence-electron chi connectivity index (χ3n) is 5.42. The molecule has 0 atom stereocenters. The van der Waals surface area contributed by atoms with Crippen LogP contribution in [-0.4, -0.2) is 25.6 Å². The predicted molar refractivity (Wildman–Crippen MR) is 97.9 cm³/mol. The van der Waals surface area contributed by atoms with Gasteiger partial charge < -0.3 is 0 Å². The average molecular weight is 363 g/mol. The summed E-state index contributed by atoms with van der Waals surface area (Å²) in [6, 6.07) is 1.19. The zero-order chi connectivity index (χ0) is 17.4. The van der Waals surface area contributed by atoms with Crippen molar-refractivity contribution in [1.82, 2.24) is 14.1 Å². The van der Waals surface area contributed by atoms with Gasteiger partial charge in [-0.25, -0.2) is 14.2 Å². The lowest BCUT2D eigenvalue weighted by Crippen LogP contribution is -2.44. The second-order valence-corrected chi connectivity index (χ2v) is 8.21. The van der Waals surface area contributed by atoms with Gasteiger partial charge in [0.15, 0.2) is 0 Å². The van der Waals surface area contributed by atoms with Gasteiger partial charge in [-0.05, 0) is 43.3 Å². The summed E-state index contributed by atoms with van der Waals surface area (Å²) in [7, 11) is 0. The molecule has 1 saturated carbocycles. The van der Waals surface area contributed by atoms with E-state index in [0.29, 0.717) is 5.65 Å². The Morgan fingerprint density at radius 2 is 1.68 bits per heavy atom. The van der Waals surface area contributed by atoms with Gasteiger partial charge in [-0.2, -0.15) is 11.8 Å². The van der Waals surface area contributed by atoms with E-state index >= 15 is 0 Å². The van der Waals surface area contributed by atoms with E-state index in [0.717, 1.165) is 62.6 Å². The van der Waals surface area contributed by atoms with E-state index < -0.39 is 5.82 Å². The fourth-order valence-corrected chi connectivity index (χ4v) is 5.22. The molecule has 2 aliphatic rings. The molecule has 3 heterocycles. The van der Waals surface area contributed by atoms with Crippen molar-refractivity contribution in [3.05, 3.63) is 38.9 Å². The number of rotatable bonds is 2. The van der Waals surface area contributed by atoms with E-state index in [4.69, 9.17) is 0 Å². The first-order chi connectivity index (χ1) is 12.2. The molecule has 0 N–H and O–H groups in total. The fraction of sp³-hybridized carbons (Fsp3) is 0.611. The molecule has 4 rings (SSSR count). The van der Waals surface area contributed by atoms with E-state index in [9.17, 15) is 14.0 Å². The van der Waals surface area contributed by atoms with Crippen LogP contribution in [0.15, 0.2) is 21.9 Å². The molecule has 0 unspecified atom stereocenters. The summed E-state index contributed by atoms with van der Waals surface area (Å²) < 4.78 is 16.8. The Morgan fingerprint density at radius 1 is 1.00 bits per heavy atom. The molecule has 0 bridgehead atoms. The van der Waals surface area contributed by atoms with Crippen LogP contribution in [0.4, 0.5) is 4.39 Å². The van der Waals surface area contributed by atoms with Gasteiger partial charge in [0, 0.05) is 12.1 Å². The molecule has 134 valence electrons. The Labute approximate surface area is 149 Å². The largest absolute Gasteiger partial charge is 0.333 e. The number of hydrogen-bond donors (Lipinski definition) is 0. The number of hydrogen-bond acceptors (Lipinski definition) is 4. The summed E-state index contributed by atoms with van der Waals surface area (Å²) in [5.41, 5.74) is -0.318. The molecule has 0 radical (unpaired) electrons. The Balaban J connectivity index is 1.98. The highest BCUT2D eigenvalue weighted by atomic mass is 32.2. The van der Waals surface area contributed by atoms with Crippen LogP contribution in [0.2, 0.25) is 0 Å². The first kappa shape index (κ1) is 16.8. The lowest BCUT2D eigenvalue weighted by Gasteiger charge is -2.28. The summed E-state index contributed by atoms with van der Waals surface area (Å²) in [4.78, 5) is 30.4.